The van der Waals surface area contributed by atoms with Crippen molar-refractivity contribution in [2.24, 2.45) is 5.92 Å². The zero-order valence-corrected chi connectivity index (χ0v) is 10.6. The summed E-state index contributed by atoms with van der Waals surface area (Å²) < 4.78 is 0. The van der Waals surface area contributed by atoms with Gasteiger partial charge in [0.25, 0.3) is 0 Å². The van der Waals surface area contributed by atoms with Crippen LogP contribution in [0.3, 0.4) is 0 Å². The Bertz CT molecular complexity index is 309. The van der Waals surface area contributed by atoms with Crippen LogP contribution in [-0.4, -0.2) is 34.2 Å². The molecule has 1 N–H and O–H groups in total. The molecule has 0 aliphatic carbocycles. The van der Waals surface area contributed by atoms with Gasteiger partial charge in [-0.2, -0.15) is 0 Å². The van der Waals surface area contributed by atoms with Crippen LogP contribution in [0.1, 0.15) is 26.5 Å². The maximum Gasteiger partial charge on any atom is 0.0768 e. The molecular weight excluding hydrogens is 200 g/mol. The fourth-order valence-electron chi connectivity index (χ4n) is 1.55. The van der Waals surface area contributed by atoms with Gasteiger partial charge in [-0.1, -0.05) is 19.9 Å². The zero-order valence-electron chi connectivity index (χ0n) is 10.6. The number of hydrogen-bond acceptors (Lipinski definition) is 3. The van der Waals surface area contributed by atoms with E-state index >= 15 is 0 Å². The van der Waals surface area contributed by atoms with E-state index in [9.17, 15) is 5.11 Å². The van der Waals surface area contributed by atoms with Gasteiger partial charge in [0.2, 0.25) is 0 Å². The monoisotopic (exact) mass is 222 g/mol. The predicted molar refractivity (Wildman–Crippen MR) is 66.0 cm³/mol. The number of hydrogen-bond donors (Lipinski definition) is 1. The first-order valence-corrected chi connectivity index (χ1v) is 5.72. The third-order valence-electron chi connectivity index (χ3n) is 2.99. The average Bonchev–Trinajstić information content (AvgIpc) is 2.17. The highest BCUT2D eigenvalue weighted by atomic mass is 16.3. The normalized spacial score (nSPS) is 15.4. The molecule has 1 aromatic heterocycles. The molecule has 16 heavy (non-hydrogen) atoms. The Morgan fingerprint density at radius 1 is 1.44 bits per heavy atom. The number of aliphatic hydroxyl groups is 1. The summed E-state index contributed by atoms with van der Waals surface area (Å²) in [4.78, 5) is 6.37. The van der Waals surface area contributed by atoms with Gasteiger partial charge in [-0.05, 0) is 32.0 Å². The maximum absolute atomic E-state index is 10.2. The molecule has 1 unspecified atom stereocenters. The number of likely N-dealkylation sites (N-methyl/N-ethyl adjacent to an activating group) is 1. The smallest absolute Gasteiger partial charge is 0.0768 e. The lowest BCUT2D eigenvalue weighted by Gasteiger charge is -2.32. The molecule has 0 aliphatic heterocycles. The summed E-state index contributed by atoms with van der Waals surface area (Å²) in [6, 6.07) is 5.89. The lowest BCUT2D eigenvalue weighted by molar-refractivity contribution is -0.0148. The third kappa shape index (κ3) is 3.91. The molecule has 1 atom stereocenters. The SMILES string of the molecule is CC(C)C(C)(O)CN(C)Cc1ccccn1. The molecule has 0 radical (unpaired) electrons. The minimum Gasteiger partial charge on any atom is -0.389 e. The summed E-state index contributed by atoms with van der Waals surface area (Å²) in [5.74, 6) is 0.249. The quantitative estimate of drug-likeness (QED) is 0.827. The van der Waals surface area contributed by atoms with Crippen molar-refractivity contribution >= 4 is 0 Å². The van der Waals surface area contributed by atoms with Crippen LogP contribution in [0.2, 0.25) is 0 Å². The van der Waals surface area contributed by atoms with E-state index in [0.29, 0.717) is 6.54 Å². The molecule has 1 rings (SSSR count). The molecule has 1 heterocycles. The second kappa shape index (κ2) is 5.41. The molecule has 0 bridgehead atoms. The van der Waals surface area contributed by atoms with Gasteiger partial charge in [0.05, 0.1) is 11.3 Å². The molecule has 90 valence electrons. The molecule has 0 amide bonds. The molecule has 0 spiro atoms. The fourth-order valence-corrected chi connectivity index (χ4v) is 1.55. The van der Waals surface area contributed by atoms with Crippen molar-refractivity contribution in [1.82, 2.24) is 9.88 Å². The van der Waals surface area contributed by atoms with Crippen molar-refractivity contribution in [2.75, 3.05) is 13.6 Å². The van der Waals surface area contributed by atoms with Crippen LogP contribution in [0, 0.1) is 5.92 Å². The number of pyridine rings is 1. The second-order valence-corrected chi connectivity index (χ2v) is 5.01. The minimum atomic E-state index is -0.649. The van der Waals surface area contributed by atoms with Gasteiger partial charge in [-0.25, -0.2) is 0 Å². The summed E-state index contributed by atoms with van der Waals surface area (Å²) in [6.45, 7) is 7.38. The topological polar surface area (TPSA) is 36.4 Å². The Balaban J connectivity index is 2.51. The highest BCUT2D eigenvalue weighted by molar-refractivity contribution is 5.03. The third-order valence-corrected chi connectivity index (χ3v) is 2.99. The van der Waals surface area contributed by atoms with Gasteiger partial charge >= 0.3 is 0 Å². The van der Waals surface area contributed by atoms with Crippen molar-refractivity contribution in [1.29, 1.82) is 0 Å². The van der Waals surface area contributed by atoms with Crippen LogP contribution in [0.25, 0.3) is 0 Å². The van der Waals surface area contributed by atoms with Crippen molar-refractivity contribution in [3.05, 3.63) is 30.1 Å². The molecule has 1 aromatic rings. The Kier molecular flexibility index (Phi) is 4.44. The van der Waals surface area contributed by atoms with Crippen LogP contribution in [0.4, 0.5) is 0 Å². The van der Waals surface area contributed by atoms with Crippen molar-refractivity contribution in [3.8, 4) is 0 Å². The Labute approximate surface area is 98.1 Å². The van der Waals surface area contributed by atoms with E-state index in [1.54, 1.807) is 6.20 Å². The molecule has 3 heteroatoms. The van der Waals surface area contributed by atoms with E-state index in [-0.39, 0.29) is 5.92 Å². The highest BCUT2D eigenvalue weighted by Crippen LogP contribution is 2.17. The molecule has 0 aliphatic rings. The first-order chi connectivity index (χ1) is 7.42. The summed E-state index contributed by atoms with van der Waals surface area (Å²) in [7, 11) is 2.01. The van der Waals surface area contributed by atoms with E-state index in [1.165, 1.54) is 0 Å². The van der Waals surface area contributed by atoms with Gasteiger partial charge in [-0.15, -0.1) is 0 Å². The average molecular weight is 222 g/mol. The highest BCUT2D eigenvalue weighted by Gasteiger charge is 2.26. The summed E-state index contributed by atoms with van der Waals surface area (Å²) in [5, 5.41) is 10.2. The fraction of sp³-hybridized carbons (Fsp3) is 0.615. The van der Waals surface area contributed by atoms with E-state index < -0.39 is 5.60 Å². The molecule has 0 saturated carbocycles. The Morgan fingerprint density at radius 2 is 2.12 bits per heavy atom. The first-order valence-electron chi connectivity index (χ1n) is 5.72. The molecular formula is C13H22N2O. The van der Waals surface area contributed by atoms with E-state index in [2.05, 4.69) is 9.88 Å². The van der Waals surface area contributed by atoms with Gasteiger partial charge in [0, 0.05) is 19.3 Å². The molecule has 0 fully saturated rings. The van der Waals surface area contributed by atoms with E-state index in [4.69, 9.17) is 0 Å². The zero-order chi connectivity index (χ0) is 12.2. The van der Waals surface area contributed by atoms with Crippen molar-refractivity contribution in [2.45, 2.75) is 32.9 Å². The molecule has 3 nitrogen and oxygen atoms in total. The Morgan fingerprint density at radius 3 is 2.62 bits per heavy atom. The van der Waals surface area contributed by atoms with Crippen LogP contribution in [-0.2, 0) is 6.54 Å². The predicted octanol–water partition coefficient (Wildman–Crippen LogP) is 1.92. The standard InChI is InChI=1S/C13H22N2O/c1-11(2)13(3,16)10-15(4)9-12-7-5-6-8-14-12/h5-8,11,16H,9-10H2,1-4H3. The summed E-state index contributed by atoms with van der Waals surface area (Å²) >= 11 is 0. The van der Waals surface area contributed by atoms with Crippen LogP contribution in [0.15, 0.2) is 24.4 Å². The number of aromatic nitrogens is 1. The molecule has 0 aromatic carbocycles. The van der Waals surface area contributed by atoms with Crippen LogP contribution >= 0.6 is 0 Å². The molecule has 0 saturated heterocycles. The van der Waals surface area contributed by atoms with Crippen LogP contribution in [0.5, 0.6) is 0 Å². The minimum absolute atomic E-state index is 0.249. The van der Waals surface area contributed by atoms with Gasteiger partial charge < -0.3 is 5.11 Å². The number of rotatable bonds is 5. The van der Waals surface area contributed by atoms with Crippen LogP contribution < -0.4 is 0 Å². The van der Waals surface area contributed by atoms with E-state index in [1.807, 2.05) is 46.0 Å². The van der Waals surface area contributed by atoms with Gasteiger partial charge in [-0.3, -0.25) is 9.88 Å². The largest absolute Gasteiger partial charge is 0.389 e. The Hall–Kier alpha value is -0.930. The maximum atomic E-state index is 10.2. The van der Waals surface area contributed by atoms with E-state index in [0.717, 1.165) is 12.2 Å². The van der Waals surface area contributed by atoms with Gasteiger partial charge in [0.15, 0.2) is 0 Å². The second-order valence-electron chi connectivity index (χ2n) is 5.01. The summed E-state index contributed by atoms with van der Waals surface area (Å²) in [5.41, 5.74) is 0.383. The van der Waals surface area contributed by atoms with Crippen molar-refractivity contribution < 1.29 is 5.11 Å². The van der Waals surface area contributed by atoms with Gasteiger partial charge in [0.1, 0.15) is 0 Å². The first kappa shape index (κ1) is 13.1. The van der Waals surface area contributed by atoms with Crippen molar-refractivity contribution in [3.63, 3.8) is 0 Å². The lowest BCUT2D eigenvalue weighted by Crippen LogP contribution is -2.42. The number of nitrogens with zero attached hydrogens (tertiary/aromatic N) is 2. The lowest BCUT2D eigenvalue weighted by atomic mass is 9.92. The summed E-state index contributed by atoms with van der Waals surface area (Å²) in [6.07, 6.45) is 1.80.